The Morgan fingerprint density at radius 3 is 2.30 bits per heavy atom. The largest absolute Gasteiger partial charge is 0.352 e. The van der Waals surface area contributed by atoms with Gasteiger partial charge in [-0.05, 0) is 28.8 Å². The Bertz CT molecular complexity index is 871. The van der Waals surface area contributed by atoms with Crippen LogP contribution in [0.5, 0.6) is 0 Å². The van der Waals surface area contributed by atoms with Crippen LogP contribution in [0.3, 0.4) is 0 Å². The molecular weight excluding hydrogens is 480 g/mol. The highest BCUT2D eigenvalue weighted by Gasteiger charge is 2.08. The third-order valence-corrected chi connectivity index (χ3v) is 4.64. The van der Waals surface area contributed by atoms with Crippen molar-refractivity contribution in [3.8, 4) is 0 Å². The number of nitrogens with one attached hydrogen (secondary N) is 1. The minimum absolute atomic E-state index is 0. The van der Waals surface area contributed by atoms with Crippen LogP contribution in [0.2, 0.25) is 0 Å². The van der Waals surface area contributed by atoms with Crippen molar-refractivity contribution in [2.75, 3.05) is 20.4 Å². The Hall–Kier alpha value is -1.68. The summed E-state index contributed by atoms with van der Waals surface area (Å²) >= 11 is 0. The molecule has 8 heteroatoms. The molecule has 2 rings (SSSR count). The van der Waals surface area contributed by atoms with E-state index in [1.54, 1.807) is 13.1 Å². The molecule has 2 aromatic rings. The van der Waals surface area contributed by atoms with Crippen molar-refractivity contribution in [1.82, 2.24) is 10.2 Å². The standard InChI is InChI=1S/C19H24FN3O2S.HI/c1-21-19(23(2)13-17-5-4-6-18(20)11-17)22-12-15-7-9-16(10-8-15)14-26(3,24)25;/h4-11H,12-14H2,1-3H3,(H,21,22);1H. The molecule has 0 amide bonds. The van der Waals surface area contributed by atoms with Crippen molar-refractivity contribution in [2.24, 2.45) is 4.99 Å². The average Bonchev–Trinajstić information content (AvgIpc) is 2.55. The summed E-state index contributed by atoms with van der Waals surface area (Å²) in [5, 5.41) is 3.25. The lowest BCUT2D eigenvalue weighted by molar-refractivity contribution is 0.474. The molecule has 0 aliphatic carbocycles. The lowest BCUT2D eigenvalue weighted by atomic mass is 10.1. The van der Waals surface area contributed by atoms with Gasteiger partial charge in [-0.2, -0.15) is 0 Å². The molecule has 0 aliphatic heterocycles. The Balaban J connectivity index is 0.00000364. The van der Waals surface area contributed by atoms with Crippen molar-refractivity contribution in [3.05, 3.63) is 71.0 Å². The van der Waals surface area contributed by atoms with E-state index in [2.05, 4.69) is 10.3 Å². The molecule has 0 spiro atoms. The minimum atomic E-state index is -3.03. The first-order valence-corrected chi connectivity index (χ1v) is 10.2. The highest BCUT2D eigenvalue weighted by Crippen LogP contribution is 2.09. The maximum absolute atomic E-state index is 13.3. The zero-order valence-corrected chi connectivity index (χ0v) is 18.8. The summed E-state index contributed by atoms with van der Waals surface area (Å²) in [4.78, 5) is 6.16. The molecule has 148 valence electrons. The minimum Gasteiger partial charge on any atom is -0.352 e. The summed E-state index contributed by atoms with van der Waals surface area (Å²) < 4.78 is 36.0. The van der Waals surface area contributed by atoms with E-state index in [4.69, 9.17) is 0 Å². The third kappa shape index (κ3) is 8.25. The van der Waals surface area contributed by atoms with Gasteiger partial charge in [0.05, 0.1) is 5.75 Å². The first-order valence-electron chi connectivity index (χ1n) is 8.18. The van der Waals surface area contributed by atoms with E-state index in [-0.39, 0.29) is 35.5 Å². The van der Waals surface area contributed by atoms with Crippen LogP contribution in [-0.4, -0.2) is 39.6 Å². The summed E-state index contributed by atoms with van der Waals surface area (Å²) in [7, 11) is 0.547. The number of benzene rings is 2. The number of rotatable bonds is 6. The Morgan fingerprint density at radius 2 is 1.74 bits per heavy atom. The van der Waals surface area contributed by atoms with Gasteiger partial charge in [0.25, 0.3) is 0 Å². The van der Waals surface area contributed by atoms with Crippen LogP contribution in [0, 0.1) is 5.82 Å². The zero-order valence-electron chi connectivity index (χ0n) is 15.6. The number of aliphatic imine (C=N–C) groups is 1. The lowest BCUT2D eigenvalue weighted by Crippen LogP contribution is -2.38. The van der Waals surface area contributed by atoms with Crippen molar-refractivity contribution < 1.29 is 12.8 Å². The Kier molecular flexibility index (Phi) is 9.17. The monoisotopic (exact) mass is 505 g/mol. The fraction of sp³-hybridized carbons (Fsp3) is 0.316. The summed E-state index contributed by atoms with van der Waals surface area (Å²) in [6.45, 7) is 1.09. The van der Waals surface area contributed by atoms with Gasteiger partial charge in [-0.1, -0.05) is 36.4 Å². The first kappa shape index (κ1) is 23.4. The molecule has 0 heterocycles. The van der Waals surface area contributed by atoms with Gasteiger partial charge < -0.3 is 10.2 Å². The fourth-order valence-electron chi connectivity index (χ4n) is 2.61. The van der Waals surface area contributed by atoms with Gasteiger partial charge in [0.15, 0.2) is 15.8 Å². The maximum Gasteiger partial charge on any atom is 0.193 e. The second-order valence-corrected chi connectivity index (χ2v) is 8.41. The topological polar surface area (TPSA) is 61.8 Å². The van der Waals surface area contributed by atoms with Crippen LogP contribution < -0.4 is 5.32 Å². The number of guanidine groups is 1. The summed E-state index contributed by atoms with van der Waals surface area (Å²) in [5.74, 6) is 0.473. The van der Waals surface area contributed by atoms with E-state index in [0.717, 1.165) is 16.7 Å². The van der Waals surface area contributed by atoms with Crippen molar-refractivity contribution in [3.63, 3.8) is 0 Å². The molecule has 0 aromatic heterocycles. The molecule has 0 fully saturated rings. The van der Waals surface area contributed by atoms with E-state index in [1.807, 2.05) is 42.3 Å². The predicted molar refractivity (Wildman–Crippen MR) is 118 cm³/mol. The van der Waals surface area contributed by atoms with Gasteiger partial charge in [0.2, 0.25) is 0 Å². The van der Waals surface area contributed by atoms with Crippen LogP contribution in [0.4, 0.5) is 4.39 Å². The molecule has 0 radical (unpaired) electrons. The Labute approximate surface area is 177 Å². The number of hydrogen-bond donors (Lipinski definition) is 1. The van der Waals surface area contributed by atoms with Crippen molar-refractivity contribution >= 4 is 39.8 Å². The van der Waals surface area contributed by atoms with Crippen LogP contribution >= 0.6 is 24.0 Å². The van der Waals surface area contributed by atoms with Crippen LogP contribution in [-0.2, 0) is 28.7 Å². The molecule has 0 saturated heterocycles. The fourth-order valence-corrected chi connectivity index (χ4v) is 3.40. The number of nitrogens with zero attached hydrogens (tertiary/aromatic N) is 2. The molecule has 27 heavy (non-hydrogen) atoms. The molecule has 0 atom stereocenters. The number of sulfone groups is 1. The molecule has 5 nitrogen and oxygen atoms in total. The van der Waals surface area contributed by atoms with E-state index < -0.39 is 9.84 Å². The molecule has 0 unspecified atom stereocenters. The van der Waals surface area contributed by atoms with Crippen LogP contribution in [0.15, 0.2) is 53.5 Å². The molecule has 2 aromatic carbocycles. The summed E-state index contributed by atoms with van der Waals surface area (Å²) in [6, 6.07) is 13.9. The first-order chi connectivity index (χ1) is 12.3. The van der Waals surface area contributed by atoms with E-state index in [9.17, 15) is 12.8 Å². The van der Waals surface area contributed by atoms with Crippen LogP contribution in [0.1, 0.15) is 16.7 Å². The van der Waals surface area contributed by atoms with E-state index in [1.165, 1.54) is 18.4 Å². The molecule has 0 bridgehead atoms. The van der Waals surface area contributed by atoms with Gasteiger partial charge in [0, 0.05) is 33.4 Å². The molecule has 1 N–H and O–H groups in total. The predicted octanol–water partition coefficient (Wildman–Crippen LogP) is 3.20. The van der Waals surface area contributed by atoms with Gasteiger partial charge in [-0.3, -0.25) is 4.99 Å². The van der Waals surface area contributed by atoms with Gasteiger partial charge in [0.1, 0.15) is 5.82 Å². The van der Waals surface area contributed by atoms with E-state index >= 15 is 0 Å². The lowest BCUT2D eigenvalue weighted by Gasteiger charge is -2.22. The van der Waals surface area contributed by atoms with Crippen molar-refractivity contribution in [2.45, 2.75) is 18.8 Å². The second-order valence-electron chi connectivity index (χ2n) is 6.27. The van der Waals surface area contributed by atoms with Gasteiger partial charge in [-0.15, -0.1) is 24.0 Å². The SMILES string of the molecule is CN=C(NCc1ccc(CS(C)(=O)=O)cc1)N(C)Cc1cccc(F)c1.I. The third-order valence-electron chi connectivity index (χ3n) is 3.78. The Morgan fingerprint density at radius 1 is 1.11 bits per heavy atom. The highest BCUT2D eigenvalue weighted by atomic mass is 127. The normalized spacial score (nSPS) is 11.6. The number of halogens is 2. The summed E-state index contributed by atoms with van der Waals surface area (Å²) in [6.07, 6.45) is 1.22. The molecule has 0 saturated carbocycles. The molecule has 0 aliphatic rings. The van der Waals surface area contributed by atoms with Gasteiger partial charge >= 0.3 is 0 Å². The highest BCUT2D eigenvalue weighted by molar-refractivity contribution is 14.0. The quantitative estimate of drug-likeness (QED) is 0.372. The average molecular weight is 505 g/mol. The number of hydrogen-bond acceptors (Lipinski definition) is 3. The molecular formula is C19H25FIN3O2S. The van der Waals surface area contributed by atoms with Gasteiger partial charge in [-0.25, -0.2) is 12.8 Å². The van der Waals surface area contributed by atoms with Crippen molar-refractivity contribution in [1.29, 1.82) is 0 Å². The van der Waals surface area contributed by atoms with E-state index in [0.29, 0.717) is 19.0 Å². The second kappa shape index (κ2) is 10.6. The van der Waals surface area contributed by atoms with Crippen LogP contribution in [0.25, 0.3) is 0 Å². The summed E-state index contributed by atoms with van der Waals surface area (Å²) in [5.41, 5.74) is 2.65. The maximum atomic E-state index is 13.3. The zero-order chi connectivity index (χ0) is 19.2. The smallest absolute Gasteiger partial charge is 0.193 e.